The molecule has 32 heavy (non-hydrogen) atoms. The van der Waals surface area contributed by atoms with E-state index >= 15 is 0 Å². The van der Waals surface area contributed by atoms with Gasteiger partial charge in [0.2, 0.25) is 5.91 Å². The van der Waals surface area contributed by atoms with Crippen LogP contribution in [0.1, 0.15) is 12.0 Å². The van der Waals surface area contributed by atoms with Crippen molar-refractivity contribution in [3.05, 3.63) is 42.0 Å². The van der Waals surface area contributed by atoms with Gasteiger partial charge in [0.1, 0.15) is 36.6 Å². The molecule has 1 heterocycles. The van der Waals surface area contributed by atoms with Crippen molar-refractivity contribution >= 4 is 23.3 Å². The fourth-order valence-electron chi connectivity index (χ4n) is 3.26. The summed E-state index contributed by atoms with van der Waals surface area (Å²) in [5.74, 6) is 1.89. The number of aliphatic hydroxyl groups excluding tert-OH is 1. The van der Waals surface area contributed by atoms with Crippen molar-refractivity contribution in [3.8, 4) is 17.2 Å². The van der Waals surface area contributed by atoms with Gasteiger partial charge in [0.15, 0.2) is 0 Å². The van der Waals surface area contributed by atoms with Gasteiger partial charge in [0.05, 0.1) is 18.5 Å². The third-order valence-corrected chi connectivity index (χ3v) is 4.81. The molecule has 0 radical (unpaired) electrons. The van der Waals surface area contributed by atoms with Gasteiger partial charge in [-0.2, -0.15) is 0 Å². The molecule has 1 aliphatic rings. The molecule has 172 valence electrons. The Bertz CT molecular complexity index is 935. The minimum absolute atomic E-state index is 0.0648. The molecule has 0 fully saturated rings. The summed E-state index contributed by atoms with van der Waals surface area (Å²) in [6, 6.07) is 9.87. The van der Waals surface area contributed by atoms with E-state index < -0.39 is 12.1 Å². The summed E-state index contributed by atoms with van der Waals surface area (Å²) in [5, 5.41) is 18.6. The fourth-order valence-corrected chi connectivity index (χ4v) is 3.26. The van der Waals surface area contributed by atoms with Gasteiger partial charge in [-0.05, 0) is 42.8 Å². The topological polar surface area (TPSA) is 144 Å². The number of anilines is 2. The summed E-state index contributed by atoms with van der Waals surface area (Å²) in [4.78, 5) is 23.0. The summed E-state index contributed by atoms with van der Waals surface area (Å²) >= 11 is 0. The summed E-state index contributed by atoms with van der Waals surface area (Å²) in [6.07, 6.45) is 0.0250. The van der Waals surface area contributed by atoms with Crippen LogP contribution in [0, 0.1) is 0 Å². The van der Waals surface area contributed by atoms with Gasteiger partial charge in [-0.3, -0.25) is 4.79 Å². The smallest absolute Gasteiger partial charge is 0.316 e. The van der Waals surface area contributed by atoms with E-state index in [1.165, 1.54) is 0 Å². The quantitative estimate of drug-likeness (QED) is 0.330. The molecule has 1 unspecified atom stereocenters. The highest BCUT2D eigenvalue weighted by Gasteiger charge is 2.23. The normalized spacial score (nSPS) is 13.5. The molecule has 0 saturated carbocycles. The first kappa shape index (κ1) is 23.2. The molecule has 2 aromatic carbocycles. The van der Waals surface area contributed by atoms with Gasteiger partial charge in [-0.15, -0.1) is 0 Å². The lowest BCUT2D eigenvalue weighted by molar-refractivity contribution is -0.116. The zero-order chi connectivity index (χ0) is 22.9. The lowest BCUT2D eigenvalue weighted by Gasteiger charge is -2.23. The number of benzene rings is 2. The van der Waals surface area contributed by atoms with Crippen LogP contribution in [0.2, 0.25) is 0 Å². The van der Waals surface area contributed by atoms with Gasteiger partial charge >= 0.3 is 6.03 Å². The average molecular weight is 444 g/mol. The van der Waals surface area contributed by atoms with Gasteiger partial charge < -0.3 is 41.0 Å². The minimum atomic E-state index is -0.742. The number of nitrogens with one attached hydrogen (secondary N) is 3. The number of fused-ring (bicyclic) bond motifs is 1. The van der Waals surface area contributed by atoms with Crippen LogP contribution in [-0.4, -0.2) is 56.6 Å². The largest absolute Gasteiger partial charge is 0.497 e. The van der Waals surface area contributed by atoms with Crippen molar-refractivity contribution in [2.45, 2.75) is 18.9 Å². The van der Waals surface area contributed by atoms with E-state index in [9.17, 15) is 14.7 Å². The fraction of sp³-hybridized carbons (Fsp3) is 0.364. The molecule has 0 aromatic heterocycles. The summed E-state index contributed by atoms with van der Waals surface area (Å²) in [5.41, 5.74) is 6.83. The van der Waals surface area contributed by atoms with E-state index in [4.69, 9.17) is 19.9 Å². The second-order valence-corrected chi connectivity index (χ2v) is 7.20. The van der Waals surface area contributed by atoms with Gasteiger partial charge in [-0.25, -0.2) is 4.79 Å². The number of primary amides is 1. The van der Waals surface area contributed by atoms with Crippen LogP contribution in [0.25, 0.3) is 0 Å². The van der Waals surface area contributed by atoms with E-state index in [0.717, 1.165) is 17.1 Å². The molecule has 3 amide bonds. The van der Waals surface area contributed by atoms with Crippen molar-refractivity contribution < 1.29 is 28.9 Å². The van der Waals surface area contributed by atoms with Gasteiger partial charge in [0.25, 0.3) is 0 Å². The standard InChI is InChI=1S/C22H28N4O6/c1-30-15-2-4-16(5-3-15)31-11-10-24-12-14(27)13-32-19-8-7-18(25-22(23)29)21-17(19)6-9-20(28)26-21/h2-5,7-8,14,24,27H,6,9-13H2,1H3,(H,26,28)(H3,23,25,29). The molecule has 0 spiro atoms. The van der Waals surface area contributed by atoms with Crippen LogP contribution in [0.5, 0.6) is 17.2 Å². The minimum Gasteiger partial charge on any atom is -0.497 e. The van der Waals surface area contributed by atoms with Crippen LogP contribution in [-0.2, 0) is 11.2 Å². The number of rotatable bonds is 11. The number of methoxy groups -OCH3 is 1. The second kappa shape index (κ2) is 11.2. The van der Waals surface area contributed by atoms with Crippen LogP contribution >= 0.6 is 0 Å². The first-order chi connectivity index (χ1) is 15.5. The number of aliphatic hydroxyl groups is 1. The molecule has 10 heteroatoms. The summed E-state index contributed by atoms with van der Waals surface area (Å²) in [7, 11) is 1.61. The third kappa shape index (κ3) is 6.50. The number of carbonyl (C=O) groups is 2. The molecule has 3 rings (SSSR count). The van der Waals surface area contributed by atoms with Crippen molar-refractivity contribution in [2.24, 2.45) is 5.73 Å². The predicted molar refractivity (Wildman–Crippen MR) is 119 cm³/mol. The maximum absolute atomic E-state index is 11.8. The number of hydrogen-bond donors (Lipinski definition) is 5. The third-order valence-electron chi connectivity index (χ3n) is 4.81. The molecule has 0 bridgehead atoms. The molecule has 10 nitrogen and oxygen atoms in total. The molecular weight excluding hydrogens is 416 g/mol. The van der Waals surface area contributed by atoms with Crippen LogP contribution < -0.4 is 35.9 Å². The number of amides is 3. The maximum atomic E-state index is 11.8. The lowest BCUT2D eigenvalue weighted by Crippen LogP contribution is -2.34. The molecule has 0 aliphatic carbocycles. The number of hydrogen-bond acceptors (Lipinski definition) is 7. The Labute approximate surface area is 186 Å². The summed E-state index contributed by atoms with van der Waals surface area (Å²) < 4.78 is 16.5. The highest BCUT2D eigenvalue weighted by molar-refractivity contribution is 6.02. The number of ether oxygens (including phenoxy) is 3. The van der Waals surface area contributed by atoms with E-state index in [-0.39, 0.29) is 12.5 Å². The van der Waals surface area contributed by atoms with Gasteiger partial charge in [-0.1, -0.05) is 0 Å². The predicted octanol–water partition coefficient (Wildman–Crippen LogP) is 1.48. The number of carbonyl (C=O) groups excluding carboxylic acids is 2. The molecular formula is C22H28N4O6. The Hall–Kier alpha value is -3.50. The van der Waals surface area contributed by atoms with Crippen molar-refractivity contribution in [1.82, 2.24) is 5.32 Å². The monoisotopic (exact) mass is 444 g/mol. The highest BCUT2D eigenvalue weighted by Crippen LogP contribution is 2.37. The van der Waals surface area contributed by atoms with Crippen molar-refractivity contribution in [2.75, 3.05) is 44.0 Å². The molecule has 2 aromatic rings. The van der Waals surface area contributed by atoms with E-state index in [1.54, 1.807) is 19.2 Å². The highest BCUT2D eigenvalue weighted by atomic mass is 16.5. The first-order valence-electron chi connectivity index (χ1n) is 10.3. The summed E-state index contributed by atoms with van der Waals surface area (Å²) in [6.45, 7) is 1.39. The van der Waals surface area contributed by atoms with E-state index in [1.807, 2.05) is 24.3 Å². The van der Waals surface area contributed by atoms with Crippen molar-refractivity contribution in [3.63, 3.8) is 0 Å². The Morgan fingerprint density at radius 2 is 1.91 bits per heavy atom. The van der Waals surface area contributed by atoms with Crippen molar-refractivity contribution in [1.29, 1.82) is 0 Å². The Balaban J connectivity index is 1.44. The van der Waals surface area contributed by atoms with Crippen LogP contribution in [0.3, 0.4) is 0 Å². The van der Waals surface area contributed by atoms with Crippen LogP contribution in [0.4, 0.5) is 16.2 Å². The second-order valence-electron chi connectivity index (χ2n) is 7.20. The van der Waals surface area contributed by atoms with Gasteiger partial charge in [0, 0.05) is 25.1 Å². The number of nitrogens with two attached hydrogens (primary N) is 1. The molecule has 0 saturated heterocycles. The lowest BCUT2D eigenvalue weighted by atomic mass is 10.0. The maximum Gasteiger partial charge on any atom is 0.316 e. The Morgan fingerprint density at radius 3 is 2.62 bits per heavy atom. The zero-order valence-electron chi connectivity index (χ0n) is 17.8. The zero-order valence-corrected chi connectivity index (χ0v) is 17.8. The molecule has 6 N–H and O–H groups in total. The van der Waals surface area contributed by atoms with E-state index in [0.29, 0.717) is 49.7 Å². The average Bonchev–Trinajstić information content (AvgIpc) is 2.78. The number of urea groups is 1. The van der Waals surface area contributed by atoms with E-state index in [2.05, 4.69) is 16.0 Å². The Morgan fingerprint density at radius 1 is 1.16 bits per heavy atom. The van der Waals surface area contributed by atoms with Crippen LogP contribution in [0.15, 0.2) is 36.4 Å². The molecule has 1 aliphatic heterocycles. The molecule has 1 atom stereocenters. The first-order valence-corrected chi connectivity index (χ1v) is 10.3. The SMILES string of the molecule is COc1ccc(OCCNCC(O)COc2ccc(NC(N)=O)c3c2CCC(=O)N3)cc1. The Kier molecular flexibility index (Phi) is 8.12.